The fraction of sp³-hybridized carbons (Fsp3) is 0. The summed E-state index contributed by atoms with van der Waals surface area (Å²) < 4.78 is 0. The van der Waals surface area contributed by atoms with Crippen LogP contribution in [0.15, 0.2) is 133 Å². The van der Waals surface area contributed by atoms with Crippen molar-refractivity contribution in [3.63, 3.8) is 0 Å². The highest BCUT2D eigenvalue weighted by Crippen LogP contribution is 2.41. The molecule has 0 unspecified atom stereocenters. The summed E-state index contributed by atoms with van der Waals surface area (Å²) in [4.78, 5) is 14.5. The second-order valence-corrected chi connectivity index (χ2v) is 8.59. The van der Waals surface area contributed by atoms with Gasteiger partial charge in [0.15, 0.2) is 6.29 Å². The molecule has 2 heteroatoms. The van der Waals surface area contributed by atoms with Crippen LogP contribution >= 0.6 is 0 Å². The van der Waals surface area contributed by atoms with Gasteiger partial charge in [0, 0.05) is 22.6 Å². The van der Waals surface area contributed by atoms with Gasteiger partial charge in [-0.1, -0.05) is 84.9 Å². The largest absolute Gasteiger partial charge is 0.310 e. The molecular formula is C33H23NO. The van der Waals surface area contributed by atoms with Gasteiger partial charge in [0.2, 0.25) is 0 Å². The molecule has 6 aromatic rings. The molecule has 2 nitrogen and oxygen atoms in total. The fourth-order valence-corrected chi connectivity index (χ4v) is 4.91. The summed E-state index contributed by atoms with van der Waals surface area (Å²) in [5.41, 5.74) is 5.82. The second kappa shape index (κ2) is 8.92. The fourth-order valence-electron chi connectivity index (χ4n) is 4.91. The van der Waals surface area contributed by atoms with Crippen LogP contribution in [-0.4, -0.2) is 6.29 Å². The predicted octanol–water partition coefficient (Wildman–Crippen LogP) is 8.94. The van der Waals surface area contributed by atoms with E-state index < -0.39 is 0 Å². The van der Waals surface area contributed by atoms with Crippen LogP contribution in [-0.2, 0) is 0 Å². The molecule has 166 valence electrons. The first-order valence-corrected chi connectivity index (χ1v) is 11.7. The summed E-state index contributed by atoms with van der Waals surface area (Å²) in [6.07, 6.45) is 0.963. The molecule has 0 aromatic heterocycles. The molecule has 0 amide bonds. The van der Waals surface area contributed by atoms with E-state index in [0.717, 1.165) is 56.0 Å². The minimum atomic E-state index is 0.677. The predicted molar refractivity (Wildman–Crippen MR) is 147 cm³/mol. The number of fused-ring (bicyclic) bond motifs is 2. The number of carbonyl (C=O) groups is 1. The van der Waals surface area contributed by atoms with E-state index in [0.29, 0.717) is 5.56 Å². The zero-order chi connectivity index (χ0) is 23.6. The van der Waals surface area contributed by atoms with Gasteiger partial charge in [0.25, 0.3) is 0 Å². The van der Waals surface area contributed by atoms with Crippen molar-refractivity contribution >= 4 is 44.9 Å². The SMILES string of the molecule is O=Cc1ccc(N(c2ccccc2)c2ccccc2)cc1-c1c2ccccc2cc2ccccc12. The second-order valence-electron chi connectivity index (χ2n) is 8.59. The van der Waals surface area contributed by atoms with Gasteiger partial charge in [0.05, 0.1) is 0 Å². The Morgan fingerprint density at radius 2 is 1.00 bits per heavy atom. The molecule has 0 bridgehead atoms. The number of anilines is 3. The Bertz CT molecular complexity index is 1560. The Morgan fingerprint density at radius 3 is 1.54 bits per heavy atom. The van der Waals surface area contributed by atoms with E-state index in [9.17, 15) is 4.79 Å². The number of hydrogen-bond acceptors (Lipinski definition) is 2. The minimum Gasteiger partial charge on any atom is -0.310 e. The number of rotatable bonds is 5. The highest BCUT2D eigenvalue weighted by molar-refractivity contribution is 6.14. The van der Waals surface area contributed by atoms with E-state index in [2.05, 4.69) is 89.8 Å². The standard InChI is InChI=1S/C33H23NO/c35-23-26-19-20-29(34(27-13-3-1-4-14-27)28-15-5-2-6-16-28)22-32(26)33-30-17-9-7-11-24(30)21-25-12-8-10-18-31(25)33/h1-23H. The first-order valence-electron chi connectivity index (χ1n) is 11.7. The number of hydrogen-bond donors (Lipinski definition) is 0. The van der Waals surface area contributed by atoms with E-state index in [4.69, 9.17) is 0 Å². The van der Waals surface area contributed by atoms with Crippen LogP contribution in [0.2, 0.25) is 0 Å². The van der Waals surface area contributed by atoms with Gasteiger partial charge in [-0.15, -0.1) is 0 Å². The summed E-state index contributed by atoms with van der Waals surface area (Å²) in [6.45, 7) is 0. The van der Waals surface area contributed by atoms with Crippen molar-refractivity contribution in [1.82, 2.24) is 0 Å². The van der Waals surface area contributed by atoms with E-state index in [1.165, 1.54) is 0 Å². The van der Waals surface area contributed by atoms with Crippen LogP contribution in [0.3, 0.4) is 0 Å². The lowest BCUT2D eigenvalue weighted by Crippen LogP contribution is -2.10. The molecule has 0 radical (unpaired) electrons. The first kappa shape index (κ1) is 20.9. The van der Waals surface area contributed by atoms with Crippen molar-refractivity contribution < 1.29 is 4.79 Å². The molecule has 0 aliphatic heterocycles. The molecule has 35 heavy (non-hydrogen) atoms. The third kappa shape index (κ3) is 3.75. The van der Waals surface area contributed by atoms with Crippen LogP contribution < -0.4 is 4.90 Å². The minimum absolute atomic E-state index is 0.677. The van der Waals surface area contributed by atoms with Gasteiger partial charge in [-0.05, 0) is 81.2 Å². The van der Waals surface area contributed by atoms with Crippen LogP contribution in [0.5, 0.6) is 0 Å². The van der Waals surface area contributed by atoms with Crippen molar-refractivity contribution in [2.45, 2.75) is 0 Å². The Balaban J connectivity index is 1.66. The van der Waals surface area contributed by atoms with Crippen molar-refractivity contribution in [3.8, 4) is 11.1 Å². The summed E-state index contributed by atoms with van der Waals surface area (Å²) in [5.74, 6) is 0. The van der Waals surface area contributed by atoms with Crippen molar-refractivity contribution in [3.05, 3.63) is 139 Å². The molecule has 6 rings (SSSR count). The molecule has 0 fully saturated rings. The van der Waals surface area contributed by atoms with Crippen molar-refractivity contribution in [1.29, 1.82) is 0 Å². The molecule has 0 heterocycles. The van der Waals surface area contributed by atoms with Gasteiger partial charge in [-0.3, -0.25) is 4.79 Å². The zero-order valence-electron chi connectivity index (χ0n) is 19.1. The maximum Gasteiger partial charge on any atom is 0.150 e. The molecule has 0 N–H and O–H groups in total. The lowest BCUT2D eigenvalue weighted by atomic mass is 9.89. The Hall–Kier alpha value is -4.69. The average Bonchev–Trinajstić information content (AvgIpc) is 2.93. The average molecular weight is 450 g/mol. The first-order chi connectivity index (χ1) is 17.3. The highest BCUT2D eigenvalue weighted by atomic mass is 16.1. The molecule has 0 atom stereocenters. The van der Waals surface area contributed by atoms with E-state index >= 15 is 0 Å². The van der Waals surface area contributed by atoms with Crippen molar-refractivity contribution in [2.75, 3.05) is 4.90 Å². The van der Waals surface area contributed by atoms with Crippen molar-refractivity contribution in [2.24, 2.45) is 0 Å². The Labute approximate surface area is 204 Å². The lowest BCUT2D eigenvalue weighted by molar-refractivity contribution is 0.112. The molecule has 0 saturated heterocycles. The summed E-state index contributed by atoms with van der Waals surface area (Å²) in [7, 11) is 0. The monoisotopic (exact) mass is 449 g/mol. The molecule has 6 aromatic carbocycles. The molecule has 0 aliphatic carbocycles. The van der Waals surface area contributed by atoms with Crippen LogP contribution in [0, 0.1) is 0 Å². The summed E-state index contributed by atoms with van der Waals surface area (Å²) in [5, 5.41) is 4.59. The Kier molecular flexibility index (Phi) is 5.32. The number of para-hydroxylation sites is 2. The van der Waals surface area contributed by atoms with Crippen LogP contribution in [0.4, 0.5) is 17.1 Å². The third-order valence-corrected chi connectivity index (χ3v) is 6.49. The number of benzene rings is 6. The van der Waals surface area contributed by atoms with Gasteiger partial charge in [-0.25, -0.2) is 0 Å². The molecular weight excluding hydrogens is 426 g/mol. The topological polar surface area (TPSA) is 20.3 Å². The molecule has 0 spiro atoms. The van der Waals surface area contributed by atoms with E-state index in [1.54, 1.807) is 0 Å². The van der Waals surface area contributed by atoms with Gasteiger partial charge in [0.1, 0.15) is 0 Å². The van der Waals surface area contributed by atoms with Gasteiger partial charge in [-0.2, -0.15) is 0 Å². The number of aldehydes is 1. The summed E-state index contributed by atoms with van der Waals surface area (Å²) in [6, 6.07) is 45.8. The lowest BCUT2D eigenvalue weighted by Gasteiger charge is -2.26. The maximum atomic E-state index is 12.3. The smallest absolute Gasteiger partial charge is 0.150 e. The van der Waals surface area contributed by atoms with Gasteiger partial charge >= 0.3 is 0 Å². The van der Waals surface area contributed by atoms with Gasteiger partial charge < -0.3 is 4.90 Å². The maximum absolute atomic E-state index is 12.3. The van der Waals surface area contributed by atoms with E-state index in [-0.39, 0.29) is 0 Å². The van der Waals surface area contributed by atoms with Crippen LogP contribution in [0.1, 0.15) is 10.4 Å². The number of carbonyl (C=O) groups excluding carboxylic acids is 1. The molecule has 0 saturated carbocycles. The third-order valence-electron chi connectivity index (χ3n) is 6.49. The number of nitrogens with zero attached hydrogens (tertiary/aromatic N) is 1. The van der Waals surface area contributed by atoms with E-state index in [1.807, 2.05) is 48.5 Å². The zero-order valence-corrected chi connectivity index (χ0v) is 19.1. The quantitative estimate of drug-likeness (QED) is 0.193. The highest BCUT2D eigenvalue weighted by Gasteiger charge is 2.17. The van der Waals surface area contributed by atoms with Crippen LogP contribution in [0.25, 0.3) is 32.7 Å². The molecule has 0 aliphatic rings. The Morgan fingerprint density at radius 1 is 0.486 bits per heavy atom. The normalized spacial score (nSPS) is 11.0. The summed E-state index contributed by atoms with van der Waals surface area (Å²) >= 11 is 0.